The lowest BCUT2D eigenvalue weighted by molar-refractivity contribution is -0.146. The number of hydrogen-bond donors (Lipinski definition) is 1. The largest absolute Gasteiger partial charge is 0.494 e. The normalized spacial score (nSPS) is 21.0. The monoisotopic (exact) mass is 565 g/mol. The van der Waals surface area contributed by atoms with Gasteiger partial charge in [0.15, 0.2) is 0 Å². The number of aromatic nitrogens is 2. The van der Waals surface area contributed by atoms with Gasteiger partial charge < -0.3 is 15.4 Å². The molecular weight excluding hydrogens is 530 g/mol. The number of nitrogens with two attached hydrogens (primary N) is 1. The maximum Gasteiger partial charge on any atom is 0.235 e. The van der Waals surface area contributed by atoms with Crippen LogP contribution in [0.1, 0.15) is 49.7 Å². The SMILES string of the molecule is C=CS(=O)(=O)N1CCC2(CC1)CC(C(=O)N1CCC(N=CC(=CN)c3cc(OC)c4c(C#N)cnn4c3)CC1)C2. The lowest BCUT2D eigenvalue weighted by Gasteiger charge is -2.52. The number of sulfonamides is 1. The Kier molecular flexibility index (Phi) is 7.70. The number of pyridine rings is 1. The van der Waals surface area contributed by atoms with Gasteiger partial charge in [0.2, 0.25) is 15.9 Å². The van der Waals surface area contributed by atoms with Gasteiger partial charge in [-0.1, -0.05) is 6.58 Å². The maximum atomic E-state index is 13.2. The predicted molar refractivity (Wildman–Crippen MR) is 152 cm³/mol. The molecule has 2 aromatic heterocycles. The third-order valence-corrected chi connectivity index (χ3v) is 10.2. The molecule has 3 aliphatic rings. The van der Waals surface area contributed by atoms with E-state index >= 15 is 0 Å². The van der Waals surface area contributed by atoms with Crippen LogP contribution in [-0.2, 0) is 14.8 Å². The van der Waals surface area contributed by atoms with E-state index in [1.54, 1.807) is 24.0 Å². The number of allylic oxidation sites excluding steroid dienone is 1. The van der Waals surface area contributed by atoms with Gasteiger partial charge in [-0.2, -0.15) is 14.7 Å². The first kappa shape index (κ1) is 27.9. The van der Waals surface area contributed by atoms with Crippen molar-refractivity contribution in [2.45, 2.75) is 44.6 Å². The summed E-state index contributed by atoms with van der Waals surface area (Å²) in [5.74, 6) is 0.771. The van der Waals surface area contributed by atoms with Gasteiger partial charge in [-0.25, -0.2) is 12.9 Å². The maximum absolute atomic E-state index is 13.2. The minimum atomic E-state index is -3.37. The average molecular weight is 566 g/mol. The van der Waals surface area contributed by atoms with Gasteiger partial charge in [0.05, 0.1) is 19.3 Å². The van der Waals surface area contributed by atoms with Crippen molar-refractivity contribution in [2.75, 3.05) is 33.3 Å². The zero-order valence-corrected chi connectivity index (χ0v) is 23.5. The second-order valence-electron chi connectivity index (χ2n) is 10.9. The molecule has 0 bridgehead atoms. The summed E-state index contributed by atoms with van der Waals surface area (Å²) in [6.45, 7) is 5.75. The van der Waals surface area contributed by atoms with Gasteiger partial charge in [-0.05, 0) is 50.0 Å². The zero-order chi connectivity index (χ0) is 28.5. The molecule has 1 amide bonds. The van der Waals surface area contributed by atoms with Crippen molar-refractivity contribution in [2.24, 2.45) is 22.1 Å². The number of amides is 1. The summed E-state index contributed by atoms with van der Waals surface area (Å²) in [4.78, 5) is 19.9. The van der Waals surface area contributed by atoms with Crippen molar-refractivity contribution in [1.82, 2.24) is 18.8 Å². The Morgan fingerprint density at radius 3 is 2.58 bits per heavy atom. The van der Waals surface area contributed by atoms with Crippen molar-refractivity contribution in [1.29, 1.82) is 5.26 Å². The van der Waals surface area contributed by atoms with Crippen LogP contribution >= 0.6 is 0 Å². The summed E-state index contributed by atoms with van der Waals surface area (Å²) in [5, 5.41) is 14.6. The first-order valence-electron chi connectivity index (χ1n) is 13.5. The van der Waals surface area contributed by atoms with E-state index < -0.39 is 10.0 Å². The van der Waals surface area contributed by atoms with E-state index in [9.17, 15) is 18.5 Å². The minimum absolute atomic E-state index is 0.0307. The quantitative estimate of drug-likeness (QED) is 0.508. The van der Waals surface area contributed by atoms with E-state index in [0.29, 0.717) is 48.6 Å². The predicted octanol–water partition coefficient (Wildman–Crippen LogP) is 2.54. The Balaban J connectivity index is 1.13. The fourth-order valence-corrected chi connectivity index (χ4v) is 7.16. The average Bonchev–Trinajstić information content (AvgIpc) is 3.39. The van der Waals surface area contributed by atoms with E-state index in [-0.39, 0.29) is 23.3 Å². The molecule has 2 N–H and O–H groups in total. The number of likely N-dealkylation sites (tertiary alicyclic amines) is 1. The number of nitrogens with zero attached hydrogens (tertiary/aromatic N) is 6. The Hall–Kier alpha value is -3.69. The van der Waals surface area contributed by atoms with Crippen molar-refractivity contribution in [3.63, 3.8) is 0 Å². The molecule has 12 heteroatoms. The number of carbonyl (C=O) groups excluding carboxylic acids is 1. The first-order valence-corrected chi connectivity index (χ1v) is 15.0. The van der Waals surface area contributed by atoms with Gasteiger partial charge in [-0.15, -0.1) is 0 Å². The Bertz CT molecular complexity index is 1500. The van der Waals surface area contributed by atoms with Crippen LogP contribution in [-0.4, -0.2) is 78.7 Å². The molecule has 40 heavy (non-hydrogen) atoms. The summed E-state index contributed by atoms with van der Waals surface area (Å²) in [6.07, 6.45) is 11.4. The molecule has 212 valence electrons. The number of fused-ring (bicyclic) bond motifs is 1. The Morgan fingerprint density at radius 2 is 1.98 bits per heavy atom. The number of aliphatic imine (C=N–C) groups is 1. The van der Waals surface area contributed by atoms with Gasteiger partial charge in [0.25, 0.3) is 0 Å². The molecule has 2 saturated heterocycles. The van der Waals surface area contributed by atoms with Crippen molar-refractivity contribution in [3.05, 3.63) is 47.8 Å². The van der Waals surface area contributed by atoms with Crippen molar-refractivity contribution in [3.8, 4) is 11.8 Å². The van der Waals surface area contributed by atoms with E-state index in [1.165, 1.54) is 16.7 Å². The van der Waals surface area contributed by atoms with Gasteiger partial charge in [-0.3, -0.25) is 9.79 Å². The molecule has 0 aromatic carbocycles. The summed E-state index contributed by atoms with van der Waals surface area (Å²) >= 11 is 0. The fraction of sp³-hybridized carbons (Fsp3) is 0.500. The number of piperidine rings is 2. The smallest absolute Gasteiger partial charge is 0.235 e. The number of carbonyl (C=O) groups is 1. The lowest BCUT2D eigenvalue weighted by Crippen LogP contribution is -2.53. The topological polar surface area (TPSA) is 146 Å². The standard InChI is InChI=1S/C28H35N7O4S/c1-3-40(37,38)34-10-6-28(7-11-34)13-21(14-28)27(36)33-8-4-24(5-9-33)31-17-22(15-29)20-12-25(39-2)26-23(16-30)18-32-35(26)19-20/h3,12,15,17-19,21,24H,1,4-11,13-14,29H2,2H3. The van der Waals surface area contributed by atoms with Crippen LogP contribution in [0.5, 0.6) is 5.75 Å². The lowest BCUT2D eigenvalue weighted by atomic mass is 9.57. The Morgan fingerprint density at radius 1 is 1.27 bits per heavy atom. The number of methoxy groups -OCH3 is 1. The van der Waals surface area contributed by atoms with Crippen LogP contribution in [0.4, 0.5) is 0 Å². The van der Waals surface area contributed by atoms with E-state index in [0.717, 1.165) is 49.5 Å². The van der Waals surface area contributed by atoms with E-state index in [1.807, 2.05) is 11.0 Å². The number of rotatable bonds is 7. The molecule has 0 unspecified atom stereocenters. The highest BCUT2D eigenvalue weighted by Gasteiger charge is 2.50. The first-order chi connectivity index (χ1) is 19.2. The van der Waals surface area contributed by atoms with E-state index in [2.05, 4.69) is 17.7 Å². The fourth-order valence-electron chi connectivity index (χ4n) is 6.26. The molecule has 1 spiro atoms. The van der Waals surface area contributed by atoms with Crippen LogP contribution < -0.4 is 10.5 Å². The Labute approximate surface area is 234 Å². The summed E-state index contributed by atoms with van der Waals surface area (Å²) in [7, 11) is -1.82. The van der Waals surface area contributed by atoms with Crippen LogP contribution in [0.3, 0.4) is 0 Å². The molecule has 4 heterocycles. The molecule has 11 nitrogen and oxygen atoms in total. The number of nitriles is 1. The highest BCUT2D eigenvalue weighted by atomic mass is 32.2. The molecule has 5 rings (SSSR count). The second kappa shape index (κ2) is 11.1. The van der Waals surface area contributed by atoms with Gasteiger partial charge in [0, 0.05) is 67.3 Å². The third kappa shape index (κ3) is 5.23. The zero-order valence-electron chi connectivity index (χ0n) is 22.7. The van der Waals surface area contributed by atoms with Crippen LogP contribution in [0.2, 0.25) is 0 Å². The molecule has 0 atom stereocenters. The summed E-state index contributed by atoms with van der Waals surface area (Å²) in [5.41, 5.74) is 8.53. The number of ether oxygens (including phenoxy) is 1. The molecule has 0 radical (unpaired) electrons. The van der Waals surface area contributed by atoms with Crippen LogP contribution in [0, 0.1) is 22.7 Å². The van der Waals surface area contributed by atoms with Crippen LogP contribution in [0.25, 0.3) is 11.1 Å². The molecule has 3 fully saturated rings. The van der Waals surface area contributed by atoms with Crippen molar-refractivity contribution < 1.29 is 17.9 Å². The number of hydrogen-bond acceptors (Lipinski definition) is 8. The summed E-state index contributed by atoms with van der Waals surface area (Å²) in [6, 6.07) is 4.03. The van der Waals surface area contributed by atoms with E-state index in [4.69, 9.17) is 15.5 Å². The third-order valence-electron chi connectivity index (χ3n) is 8.69. The molecular formula is C28H35N7O4S. The van der Waals surface area contributed by atoms with Gasteiger partial charge in [0.1, 0.15) is 22.9 Å². The minimum Gasteiger partial charge on any atom is -0.494 e. The molecule has 2 aliphatic heterocycles. The molecule has 2 aromatic rings. The second-order valence-corrected chi connectivity index (χ2v) is 12.8. The van der Waals surface area contributed by atoms with Gasteiger partial charge >= 0.3 is 0 Å². The molecule has 1 aliphatic carbocycles. The van der Waals surface area contributed by atoms with Crippen LogP contribution in [0.15, 0.2) is 41.6 Å². The molecule has 1 saturated carbocycles. The van der Waals surface area contributed by atoms with Crippen molar-refractivity contribution >= 4 is 33.2 Å². The highest BCUT2D eigenvalue weighted by molar-refractivity contribution is 7.92. The highest BCUT2D eigenvalue weighted by Crippen LogP contribution is 2.53. The summed E-state index contributed by atoms with van der Waals surface area (Å²) < 4.78 is 32.7.